The van der Waals surface area contributed by atoms with E-state index in [2.05, 4.69) is 15.3 Å². The molecule has 3 rings (SSSR count). The molecular formula is C21H18FN3O2. The minimum atomic E-state index is -0.279. The molecule has 2 heterocycles. The first-order valence-corrected chi connectivity index (χ1v) is 8.45. The Labute approximate surface area is 156 Å². The summed E-state index contributed by atoms with van der Waals surface area (Å²) < 4.78 is 13.3. The van der Waals surface area contributed by atoms with Crippen molar-refractivity contribution in [3.8, 4) is 0 Å². The molecular weight excluding hydrogens is 345 g/mol. The SMILES string of the molecule is CNC(=O)c1ccnc(CC(=O)c2ccc(Cc3cccc(F)c3)cn2)c1. The molecule has 0 spiro atoms. The van der Waals surface area contributed by atoms with Crippen LogP contribution in [0.5, 0.6) is 0 Å². The zero-order chi connectivity index (χ0) is 19.2. The first-order valence-electron chi connectivity index (χ1n) is 8.45. The highest BCUT2D eigenvalue weighted by Gasteiger charge is 2.12. The third-order valence-corrected chi connectivity index (χ3v) is 4.06. The molecule has 1 aromatic carbocycles. The molecule has 0 fully saturated rings. The Bertz CT molecular complexity index is 971. The molecule has 1 amide bonds. The van der Waals surface area contributed by atoms with Crippen LogP contribution >= 0.6 is 0 Å². The molecule has 0 bridgehead atoms. The number of pyridine rings is 2. The number of nitrogens with zero attached hydrogens (tertiary/aromatic N) is 2. The molecule has 0 aliphatic heterocycles. The van der Waals surface area contributed by atoms with Crippen LogP contribution in [0, 0.1) is 5.82 Å². The standard InChI is InChI=1S/C21H18FN3O2/c1-23-21(27)16-7-8-24-18(11-16)12-20(26)19-6-5-15(13-25-19)9-14-3-2-4-17(22)10-14/h2-8,10-11,13H,9,12H2,1H3,(H,23,27). The largest absolute Gasteiger partial charge is 0.355 e. The van der Waals surface area contributed by atoms with Gasteiger partial charge in [0.15, 0.2) is 5.78 Å². The maximum Gasteiger partial charge on any atom is 0.251 e. The van der Waals surface area contributed by atoms with Crippen molar-refractivity contribution in [2.24, 2.45) is 0 Å². The maximum absolute atomic E-state index is 13.3. The van der Waals surface area contributed by atoms with Crippen molar-refractivity contribution in [3.05, 3.63) is 94.8 Å². The van der Waals surface area contributed by atoms with Gasteiger partial charge >= 0.3 is 0 Å². The van der Waals surface area contributed by atoms with E-state index in [4.69, 9.17) is 0 Å². The van der Waals surface area contributed by atoms with E-state index in [1.54, 1.807) is 43.6 Å². The van der Waals surface area contributed by atoms with Crippen LogP contribution in [0.1, 0.15) is 37.7 Å². The van der Waals surface area contributed by atoms with Crippen molar-refractivity contribution in [1.82, 2.24) is 15.3 Å². The van der Waals surface area contributed by atoms with Gasteiger partial charge in [-0.2, -0.15) is 0 Å². The van der Waals surface area contributed by atoms with Crippen molar-refractivity contribution in [3.63, 3.8) is 0 Å². The number of carbonyl (C=O) groups excluding carboxylic acids is 2. The fourth-order valence-electron chi connectivity index (χ4n) is 2.69. The number of aromatic nitrogens is 2. The van der Waals surface area contributed by atoms with Crippen molar-refractivity contribution in [2.45, 2.75) is 12.8 Å². The summed E-state index contributed by atoms with van der Waals surface area (Å²) in [5.74, 6) is -0.696. The number of amides is 1. The molecule has 3 aromatic rings. The molecule has 0 saturated heterocycles. The van der Waals surface area contributed by atoms with E-state index < -0.39 is 0 Å². The third kappa shape index (κ3) is 4.82. The van der Waals surface area contributed by atoms with Crippen LogP contribution in [-0.2, 0) is 12.8 Å². The molecule has 5 nitrogen and oxygen atoms in total. The third-order valence-electron chi connectivity index (χ3n) is 4.06. The monoisotopic (exact) mass is 363 g/mol. The number of Topliss-reactive ketones (excluding diaryl/α,β-unsaturated/α-hetero) is 1. The van der Waals surface area contributed by atoms with E-state index in [1.807, 2.05) is 6.07 Å². The van der Waals surface area contributed by atoms with Gasteiger partial charge in [-0.3, -0.25) is 19.6 Å². The Balaban J connectivity index is 1.68. The molecule has 6 heteroatoms. The molecule has 0 unspecified atom stereocenters. The molecule has 136 valence electrons. The van der Waals surface area contributed by atoms with Gasteiger partial charge in [-0.25, -0.2) is 4.39 Å². The first-order chi connectivity index (χ1) is 13.0. The van der Waals surface area contributed by atoms with Gasteiger partial charge < -0.3 is 5.32 Å². The van der Waals surface area contributed by atoms with Gasteiger partial charge in [0.2, 0.25) is 0 Å². The average molecular weight is 363 g/mol. The van der Waals surface area contributed by atoms with E-state index in [0.29, 0.717) is 23.4 Å². The predicted octanol–water partition coefficient (Wildman–Crippen LogP) is 2.99. The van der Waals surface area contributed by atoms with Gasteiger partial charge in [-0.15, -0.1) is 0 Å². The first kappa shape index (κ1) is 18.4. The number of hydrogen-bond acceptors (Lipinski definition) is 4. The summed E-state index contributed by atoms with van der Waals surface area (Å²) >= 11 is 0. The highest BCUT2D eigenvalue weighted by Crippen LogP contribution is 2.12. The van der Waals surface area contributed by atoms with Gasteiger partial charge in [0.1, 0.15) is 11.5 Å². The van der Waals surface area contributed by atoms with Gasteiger partial charge in [-0.1, -0.05) is 18.2 Å². The van der Waals surface area contributed by atoms with Crippen LogP contribution in [0.3, 0.4) is 0 Å². The van der Waals surface area contributed by atoms with E-state index >= 15 is 0 Å². The summed E-state index contributed by atoms with van der Waals surface area (Å²) in [5, 5.41) is 2.54. The minimum absolute atomic E-state index is 0.0566. The van der Waals surface area contributed by atoms with Crippen LogP contribution in [0.2, 0.25) is 0 Å². The Kier molecular flexibility index (Phi) is 5.66. The van der Waals surface area contributed by atoms with E-state index in [-0.39, 0.29) is 23.9 Å². The fourth-order valence-corrected chi connectivity index (χ4v) is 2.69. The van der Waals surface area contributed by atoms with Gasteiger partial charge in [0.05, 0.1) is 6.42 Å². The van der Waals surface area contributed by atoms with Crippen LogP contribution in [0.15, 0.2) is 60.9 Å². The second-order valence-electron chi connectivity index (χ2n) is 6.07. The van der Waals surface area contributed by atoms with Gasteiger partial charge in [0.25, 0.3) is 5.91 Å². The van der Waals surface area contributed by atoms with Gasteiger partial charge in [-0.05, 0) is 47.9 Å². The molecule has 2 aromatic heterocycles. The summed E-state index contributed by atoms with van der Waals surface area (Å²) in [4.78, 5) is 32.5. The van der Waals surface area contributed by atoms with Crippen molar-refractivity contribution >= 4 is 11.7 Å². The Morgan fingerprint density at radius 1 is 1.04 bits per heavy atom. The fraction of sp³-hybridized carbons (Fsp3) is 0.143. The number of ketones is 1. The molecule has 0 atom stereocenters. The smallest absolute Gasteiger partial charge is 0.251 e. The van der Waals surface area contributed by atoms with Crippen molar-refractivity contribution < 1.29 is 14.0 Å². The van der Waals surface area contributed by atoms with E-state index in [1.165, 1.54) is 18.3 Å². The highest BCUT2D eigenvalue weighted by atomic mass is 19.1. The zero-order valence-electron chi connectivity index (χ0n) is 14.8. The summed E-state index contributed by atoms with van der Waals surface area (Å²) in [6.07, 6.45) is 3.71. The topological polar surface area (TPSA) is 72.0 Å². The summed E-state index contributed by atoms with van der Waals surface area (Å²) in [5.41, 5.74) is 3.01. The number of halogens is 1. The lowest BCUT2D eigenvalue weighted by molar-refractivity contribution is 0.0958. The number of carbonyl (C=O) groups is 2. The summed E-state index contributed by atoms with van der Waals surface area (Å²) in [7, 11) is 1.54. The van der Waals surface area contributed by atoms with Crippen LogP contribution < -0.4 is 5.32 Å². The lowest BCUT2D eigenvalue weighted by atomic mass is 10.0. The van der Waals surface area contributed by atoms with Gasteiger partial charge in [0, 0.05) is 30.7 Å². The van der Waals surface area contributed by atoms with E-state index in [0.717, 1.165) is 11.1 Å². The number of benzene rings is 1. The Morgan fingerprint density at radius 2 is 1.89 bits per heavy atom. The van der Waals surface area contributed by atoms with Crippen LogP contribution in [0.4, 0.5) is 4.39 Å². The number of rotatable bonds is 6. The normalized spacial score (nSPS) is 10.4. The average Bonchev–Trinajstić information content (AvgIpc) is 2.68. The predicted molar refractivity (Wildman–Crippen MR) is 99.1 cm³/mol. The quantitative estimate of drug-likeness (QED) is 0.684. The molecule has 0 aliphatic carbocycles. The van der Waals surface area contributed by atoms with Crippen LogP contribution in [-0.4, -0.2) is 28.7 Å². The molecule has 0 aliphatic rings. The van der Waals surface area contributed by atoms with E-state index in [9.17, 15) is 14.0 Å². The lowest BCUT2D eigenvalue weighted by Gasteiger charge is -2.05. The van der Waals surface area contributed by atoms with Crippen molar-refractivity contribution in [1.29, 1.82) is 0 Å². The zero-order valence-corrected chi connectivity index (χ0v) is 14.8. The summed E-state index contributed by atoms with van der Waals surface area (Å²) in [6, 6.07) is 13.0. The Hall–Kier alpha value is -3.41. The minimum Gasteiger partial charge on any atom is -0.355 e. The second-order valence-corrected chi connectivity index (χ2v) is 6.07. The second kappa shape index (κ2) is 8.31. The molecule has 1 N–H and O–H groups in total. The molecule has 27 heavy (non-hydrogen) atoms. The molecule has 0 saturated carbocycles. The molecule has 0 radical (unpaired) electrons. The lowest BCUT2D eigenvalue weighted by Crippen LogP contribution is -2.18. The Morgan fingerprint density at radius 3 is 2.59 bits per heavy atom. The maximum atomic E-state index is 13.3. The number of hydrogen-bond donors (Lipinski definition) is 1. The highest BCUT2D eigenvalue weighted by molar-refractivity contribution is 5.96. The number of nitrogens with one attached hydrogen (secondary N) is 1. The van der Waals surface area contributed by atoms with Crippen LogP contribution in [0.25, 0.3) is 0 Å². The van der Waals surface area contributed by atoms with Crippen molar-refractivity contribution in [2.75, 3.05) is 7.05 Å². The summed E-state index contributed by atoms with van der Waals surface area (Å²) in [6.45, 7) is 0.